The third-order valence-corrected chi connectivity index (χ3v) is 3.21. The zero-order chi connectivity index (χ0) is 11.1. The van der Waals surface area contributed by atoms with Gasteiger partial charge in [0.05, 0.1) is 0 Å². The molecule has 1 fully saturated rings. The Balaban J connectivity index is 2.41. The van der Waals surface area contributed by atoms with E-state index in [2.05, 4.69) is 44.0 Å². The first-order valence-electron chi connectivity index (χ1n) is 6.26. The quantitative estimate of drug-likeness (QED) is 0.636. The fourth-order valence-corrected chi connectivity index (χ4v) is 2.30. The molecule has 0 bridgehead atoms. The van der Waals surface area contributed by atoms with Crippen LogP contribution in [0.2, 0.25) is 0 Å². The number of likely N-dealkylation sites (tertiary alicyclic amines) is 1. The zero-order valence-corrected chi connectivity index (χ0v) is 10.5. The molecule has 0 unspecified atom stereocenters. The normalized spacial score (nSPS) is 21.4. The fraction of sp³-hybridized carbons (Fsp3) is 0.714. The first-order chi connectivity index (χ1) is 7.26. The van der Waals surface area contributed by atoms with E-state index in [1.807, 2.05) is 0 Å². The Kier molecular flexibility index (Phi) is 5.70. The summed E-state index contributed by atoms with van der Waals surface area (Å²) in [6.45, 7) is 6.89. The summed E-state index contributed by atoms with van der Waals surface area (Å²) in [6.07, 6.45) is 12.0. The Morgan fingerprint density at radius 3 is 2.53 bits per heavy atom. The molecule has 0 spiro atoms. The van der Waals surface area contributed by atoms with E-state index in [0.717, 1.165) is 12.3 Å². The third-order valence-electron chi connectivity index (χ3n) is 3.21. The van der Waals surface area contributed by atoms with Crippen LogP contribution in [-0.2, 0) is 0 Å². The molecule has 0 amide bonds. The van der Waals surface area contributed by atoms with Crippen LogP contribution in [0.5, 0.6) is 0 Å². The number of allylic oxidation sites excluding steroid dienone is 4. The van der Waals surface area contributed by atoms with Crippen LogP contribution in [0.1, 0.15) is 39.5 Å². The lowest BCUT2D eigenvalue weighted by molar-refractivity contribution is 0.219. The molecular weight excluding hydrogens is 182 g/mol. The molecule has 0 aromatic heterocycles. The van der Waals surface area contributed by atoms with Crippen molar-refractivity contribution in [1.82, 2.24) is 4.90 Å². The van der Waals surface area contributed by atoms with Crippen LogP contribution in [0, 0.1) is 5.92 Å². The van der Waals surface area contributed by atoms with Gasteiger partial charge in [0.15, 0.2) is 0 Å². The van der Waals surface area contributed by atoms with Gasteiger partial charge in [-0.1, -0.05) is 30.7 Å². The average Bonchev–Trinajstić information content (AvgIpc) is 2.22. The molecule has 1 heteroatoms. The second kappa shape index (κ2) is 6.84. The zero-order valence-electron chi connectivity index (χ0n) is 10.5. The molecule has 0 N–H and O–H groups in total. The predicted octanol–water partition coefficient (Wildman–Crippen LogP) is 3.63. The molecule has 0 aromatic carbocycles. The molecule has 0 aliphatic carbocycles. The molecule has 1 aliphatic rings. The van der Waals surface area contributed by atoms with E-state index in [9.17, 15) is 0 Å². The lowest BCUT2D eigenvalue weighted by Crippen LogP contribution is -2.30. The fourth-order valence-electron chi connectivity index (χ4n) is 2.30. The van der Waals surface area contributed by atoms with E-state index < -0.39 is 0 Å². The molecule has 1 nitrogen and oxygen atoms in total. The molecule has 0 aromatic rings. The smallest absolute Gasteiger partial charge is 0.00190 e. The van der Waals surface area contributed by atoms with E-state index in [1.165, 1.54) is 37.9 Å². The van der Waals surface area contributed by atoms with Crippen molar-refractivity contribution in [1.29, 1.82) is 0 Å². The molecule has 15 heavy (non-hydrogen) atoms. The first-order valence-corrected chi connectivity index (χ1v) is 6.26. The highest BCUT2D eigenvalue weighted by molar-refractivity contribution is 5.18. The minimum atomic E-state index is 0.912. The lowest BCUT2D eigenvalue weighted by Gasteiger charge is -2.29. The van der Waals surface area contributed by atoms with Crippen molar-refractivity contribution in [2.24, 2.45) is 5.92 Å². The number of rotatable bonds is 4. The van der Waals surface area contributed by atoms with Gasteiger partial charge in [-0.05, 0) is 58.7 Å². The molecule has 86 valence electrons. The number of hydrogen-bond donors (Lipinski definition) is 0. The van der Waals surface area contributed by atoms with Crippen LogP contribution in [0.25, 0.3) is 0 Å². The Labute approximate surface area is 94.9 Å². The van der Waals surface area contributed by atoms with Gasteiger partial charge in [-0.15, -0.1) is 0 Å². The van der Waals surface area contributed by atoms with Gasteiger partial charge in [-0.2, -0.15) is 0 Å². The Hall–Kier alpha value is -0.560. The predicted molar refractivity (Wildman–Crippen MR) is 68.0 cm³/mol. The van der Waals surface area contributed by atoms with Gasteiger partial charge >= 0.3 is 0 Å². The molecule has 1 rings (SSSR count). The van der Waals surface area contributed by atoms with Gasteiger partial charge < -0.3 is 4.90 Å². The van der Waals surface area contributed by atoms with Crippen molar-refractivity contribution in [3.05, 3.63) is 23.8 Å². The summed E-state index contributed by atoms with van der Waals surface area (Å²) in [7, 11) is 2.23. The van der Waals surface area contributed by atoms with Crippen LogP contribution in [0.3, 0.4) is 0 Å². The minimum Gasteiger partial charge on any atom is -0.306 e. The second-order valence-corrected chi connectivity index (χ2v) is 4.64. The molecule has 0 atom stereocenters. The van der Waals surface area contributed by atoms with E-state index in [0.29, 0.717) is 0 Å². The summed E-state index contributed by atoms with van der Waals surface area (Å²) in [5.74, 6) is 0.912. The van der Waals surface area contributed by atoms with Crippen molar-refractivity contribution in [2.45, 2.75) is 39.5 Å². The second-order valence-electron chi connectivity index (χ2n) is 4.64. The van der Waals surface area contributed by atoms with Gasteiger partial charge in [-0.25, -0.2) is 0 Å². The van der Waals surface area contributed by atoms with E-state index in [-0.39, 0.29) is 0 Å². The Bertz CT molecular complexity index is 219. The highest BCUT2D eigenvalue weighted by atomic mass is 15.1. The van der Waals surface area contributed by atoms with Crippen LogP contribution in [0.4, 0.5) is 0 Å². The maximum atomic E-state index is 2.44. The minimum absolute atomic E-state index is 0.912. The molecule has 1 aliphatic heterocycles. The number of nitrogens with zero attached hydrogens (tertiary/aromatic N) is 1. The van der Waals surface area contributed by atoms with Crippen LogP contribution < -0.4 is 0 Å². The van der Waals surface area contributed by atoms with E-state index in [1.54, 1.807) is 0 Å². The molecule has 1 heterocycles. The summed E-state index contributed by atoms with van der Waals surface area (Å²) in [4.78, 5) is 2.44. The molecule has 0 saturated carbocycles. The van der Waals surface area contributed by atoms with Gasteiger partial charge in [0.2, 0.25) is 0 Å². The SMILES string of the molecule is C/C=C\C(=C/CC)CC1CCN(C)CC1. The summed E-state index contributed by atoms with van der Waals surface area (Å²) in [5, 5.41) is 0. The standard InChI is InChI=1S/C14H25N/c1-4-6-13(7-5-2)12-14-8-10-15(3)11-9-14/h4,6-7,14H,5,8-12H2,1-3H3/b6-4-,13-7+. The highest BCUT2D eigenvalue weighted by Crippen LogP contribution is 2.24. The average molecular weight is 207 g/mol. The van der Waals surface area contributed by atoms with Gasteiger partial charge in [0.1, 0.15) is 0 Å². The molecule has 0 radical (unpaired) electrons. The van der Waals surface area contributed by atoms with Gasteiger partial charge in [0.25, 0.3) is 0 Å². The summed E-state index contributed by atoms with van der Waals surface area (Å²) >= 11 is 0. The molecular formula is C14H25N. The first kappa shape index (κ1) is 12.5. The summed E-state index contributed by atoms with van der Waals surface area (Å²) in [6, 6.07) is 0. The van der Waals surface area contributed by atoms with E-state index >= 15 is 0 Å². The Morgan fingerprint density at radius 2 is 2.00 bits per heavy atom. The van der Waals surface area contributed by atoms with E-state index in [4.69, 9.17) is 0 Å². The Morgan fingerprint density at radius 1 is 1.33 bits per heavy atom. The van der Waals surface area contributed by atoms with Crippen molar-refractivity contribution < 1.29 is 0 Å². The monoisotopic (exact) mass is 207 g/mol. The van der Waals surface area contributed by atoms with Gasteiger partial charge in [0, 0.05) is 0 Å². The maximum absolute atomic E-state index is 2.44. The van der Waals surface area contributed by atoms with Gasteiger partial charge in [-0.3, -0.25) is 0 Å². The van der Waals surface area contributed by atoms with Crippen molar-refractivity contribution in [2.75, 3.05) is 20.1 Å². The van der Waals surface area contributed by atoms with Crippen LogP contribution in [-0.4, -0.2) is 25.0 Å². The maximum Gasteiger partial charge on any atom is -0.00190 e. The highest BCUT2D eigenvalue weighted by Gasteiger charge is 2.16. The lowest BCUT2D eigenvalue weighted by atomic mass is 9.90. The number of hydrogen-bond acceptors (Lipinski definition) is 1. The number of piperidine rings is 1. The van der Waals surface area contributed by atoms with Crippen LogP contribution >= 0.6 is 0 Å². The molecule has 1 saturated heterocycles. The van der Waals surface area contributed by atoms with Crippen LogP contribution in [0.15, 0.2) is 23.8 Å². The van der Waals surface area contributed by atoms with Crippen molar-refractivity contribution >= 4 is 0 Å². The van der Waals surface area contributed by atoms with Crippen molar-refractivity contribution in [3.63, 3.8) is 0 Å². The third kappa shape index (κ3) is 4.65. The summed E-state index contributed by atoms with van der Waals surface area (Å²) < 4.78 is 0. The van der Waals surface area contributed by atoms with Crippen molar-refractivity contribution in [3.8, 4) is 0 Å². The largest absolute Gasteiger partial charge is 0.306 e. The summed E-state index contributed by atoms with van der Waals surface area (Å²) in [5.41, 5.74) is 1.54. The topological polar surface area (TPSA) is 3.24 Å².